The molecule has 0 spiro atoms. The van der Waals surface area contributed by atoms with E-state index in [0.29, 0.717) is 11.1 Å². The number of hydrogen-bond donors (Lipinski definition) is 0. The monoisotopic (exact) mass is 271 g/mol. The second-order valence-corrected chi connectivity index (χ2v) is 3.70. The van der Waals surface area contributed by atoms with Gasteiger partial charge < -0.3 is 9.15 Å². The summed E-state index contributed by atoms with van der Waals surface area (Å²) in [6, 6.07) is 4.91. The molecule has 2 rings (SSSR count). The molecule has 6 heteroatoms. The molecule has 2 aromatic rings. The van der Waals surface area contributed by atoms with Crippen LogP contribution in [0.2, 0.25) is 0 Å². The second kappa shape index (κ2) is 3.54. The Morgan fingerprint density at radius 1 is 1.53 bits per heavy atom. The van der Waals surface area contributed by atoms with Crippen LogP contribution >= 0.6 is 15.9 Å². The number of aromatic nitrogens is 1. The lowest BCUT2D eigenvalue weighted by Crippen LogP contribution is -2.22. The molecule has 0 aliphatic rings. The van der Waals surface area contributed by atoms with Crippen LogP contribution in [-0.4, -0.2) is 17.8 Å². The molecule has 0 atom stereocenters. The van der Waals surface area contributed by atoms with Crippen molar-refractivity contribution in [1.29, 1.82) is 0 Å². The first-order valence-electron chi connectivity index (χ1n) is 4.03. The van der Waals surface area contributed by atoms with E-state index in [1.165, 1.54) is 7.11 Å². The Bertz CT molecular complexity index is 583. The summed E-state index contributed by atoms with van der Waals surface area (Å²) in [4.78, 5) is 22.6. The van der Waals surface area contributed by atoms with Gasteiger partial charge in [-0.15, -0.1) is 0 Å². The van der Waals surface area contributed by atoms with Crippen molar-refractivity contribution in [2.75, 3.05) is 7.11 Å². The highest BCUT2D eigenvalue weighted by Crippen LogP contribution is 2.18. The van der Waals surface area contributed by atoms with Crippen molar-refractivity contribution in [2.24, 2.45) is 0 Å². The van der Waals surface area contributed by atoms with E-state index in [0.717, 1.165) is 9.04 Å². The van der Waals surface area contributed by atoms with Gasteiger partial charge in [0, 0.05) is 4.47 Å². The standard InChI is InChI=1S/C9H6BrNO4/c1-14-8(12)11-6-3-2-5(10)4-7(6)15-9(11)13/h2-4H,1H3. The number of carbonyl (C=O) groups excluding carboxylic acids is 1. The smallest absolute Gasteiger partial charge is 0.429 e. The quantitative estimate of drug-likeness (QED) is 0.735. The van der Waals surface area contributed by atoms with Crippen LogP contribution in [0, 0.1) is 0 Å². The molecule has 0 N–H and O–H groups in total. The van der Waals surface area contributed by atoms with Crippen LogP contribution in [0.4, 0.5) is 4.79 Å². The molecule has 1 heterocycles. The molecule has 0 saturated carbocycles. The van der Waals surface area contributed by atoms with Gasteiger partial charge in [-0.05, 0) is 18.2 Å². The van der Waals surface area contributed by atoms with Gasteiger partial charge in [0.25, 0.3) is 0 Å². The van der Waals surface area contributed by atoms with E-state index in [1.54, 1.807) is 18.2 Å². The van der Waals surface area contributed by atoms with Gasteiger partial charge in [0.05, 0.1) is 7.11 Å². The molecule has 78 valence electrons. The number of rotatable bonds is 0. The predicted molar refractivity (Wildman–Crippen MR) is 56.0 cm³/mol. The third-order valence-electron chi connectivity index (χ3n) is 1.90. The van der Waals surface area contributed by atoms with Gasteiger partial charge in [-0.3, -0.25) is 0 Å². The lowest BCUT2D eigenvalue weighted by molar-refractivity contribution is 0.171. The lowest BCUT2D eigenvalue weighted by Gasteiger charge is -1.97. The first-order chi connectivity index (χ1) is 7.13. The summed E-state index contributed by atoms with van der Waals surface area (Å²) in [7, 11) is 1.20. The molecule has 0 aliphatic carbocycles. The molecular weight excluding hydrogens is 266 g/mol. The summed E-state index contributed by atoms with van der Waals surface area (Å²) in [5.74, 6) is -0.755. The Kier molecular flexibility index (Phi) is 2.36. The van der Waals surface area contributed by atoms with Gasteiger partial charge in [0.2, 0.25) is 0 Å². The average Bonchev–Trinajstić information content (AvgIpc) is 2.52. The fraction of sp³-hybridized carbons (Fsp3) is 0.111. The summed E-state index contributed by atoms with van der Waals surface area (Å²) in [6.45, 7) is 0. The maximum atomic E-state index is 11.3. The van der Waals surface area contributed by atoms with Gasteiger partial charge in [0.1, 0.15) is 5.52 Å². The molecule has 0 unspecified atom stereocenters. The van der Waals surface area contributed by atoms with Gasteiger partial charge in [0.15, 0.2) is 5.58 Å². The molecule has 0 fully saturated rings. The van der Waals surface area contributed by atoms with E-state index >= 15 is 0 Å². The number of oxazole rings is 1. The fourth-order valence-electron chi connectivity index (χ4n) is 1.26. The SMILES string of the molecule is COC(=O)n1c(=O)oc2cc(Br)ccc21. The summed E-state index contributed by atoms with van der Waals surface area (Å²) in [5, 5.41) is 0. The van der Waals surface area contributed by atoms with E-state index in [9.17, 15) is 9.59 Å². The highest BCUT2D eigenvalue weighted by atomic mass is 79.9. The summed E-state index contributed by atoms with van der Waals surface area (Å²) in [6.07, 6.45) is -0.763. The van der Waals surface area contributed by atoms with Crippen molar-refractivity contribution in [3.05, 3.63) is 33.2 Å². The van der Waals surface area contributed by atoms with E-state index in [1.807, 2.05) is 0 Å². The molecule has 0 radical (unpaired) electrons. The maximum Gasteiger partial charge on any atom is 0.429 e. The van der Waals surface area contributed by atoms with E-state index in [4.69, 9.17) is 4.42 Å². The minimum absolute atomic E-state index is 0.333. The van der Waals surface area contributed by atoms with E-state index < -0.39 is 11.8 Å². The van der Waals surface area contributed by atoms with E-state index in [2.05, 4.69) is 20.7 Å². The van der Waals surface area contributed by atoms with Crippen molar-refractivity contribution in [2.45, 2.75) is 0 Å². The summed E-state index contributed by atoms with van der Waals surface area (Å²) in [5.41, 5.74) is 0.717. The molecular formula is C9H6BrNO4. The Balaban J connectivity index is 2.80. The van der Waals surface area contributed by atoms with E-state index in [-0.39, 0.29) is 0 Å². The molecule has 0 bridgehead atoms. The van der Waals surface area contributed by atoms with Crippen LogP contribution in [0.3, 0.4) is 0 Å². The normalized spacial score (nSPS) is 10.5. The number of fused-ring (bicyclic) bond motifs is 1. The Hall–Kier alpha value is -1.56. The van der Waals surface area contributed by atoms with Crippen molar-refractivity contribution >= 4 is 33.1 Å². The summed E-state index contributed by atoms with van der Waals surface area (Å²) >= 11 is 3.23. The van der Waals surface area contributed by atoms with Crippen LogP contribution in [-0.2, 0) is 4.74 Å². The zero-order chi connectivity index (χ0) is 11.0. The molecule has 5 nitrogen and oxygen atoms in total. The number of methoxy groups -OCH3 is 1. The van der Waals surface area contributed by atoms with Crippen LogP contribution in [0.25, 0.3) is 11.1 Å². The van der Waals surface area contributed by atoms with Crippen molar-refractivity contribution in [3.63, 3.8) is 0 Å². The zero-order valence-electron chi connectivity index (χ0n) is 7.69. The molecule has 0 saturated heterocycles. The minimum Gasteiger partial charge on any atom is -0.452 e. The van der Waals surface area contributed by atoms with Crippen LogP contribution in [0.1, 0.15) is 0 Å². The number of benzene rings is 1. The highest BCUT2D eigenvalue weighted by molar-refractivity contribution is 9.10. The molecule has 1 aromatic heterocycles. The van der Waals surface area contributed by atoms with Gasteiger partial charge in [-0.2, -0.15) is 4.57 Å². The average molecular weight is 272 g/mol. The Labute approximate surface area is 92.4 Å². The zero-order valence-corrected chi connectivity index (χ0v) is 9.28. The highest BCUT2D eigenvalue weighted by Gasteiger charge is 2.15. The van der Waals surface area contributed by atoms with Gasteiger partial charge >= 0.3 is 11.8 Å². The Morgan fingerprint density at radius 3 is 2.93 bits per heavy atom. The topological polar surface area (TPSA) is 61.4 Å². The van der Waals surface area contributed by atoms with Crippen LogP contribution < -0.4 is 5.76 Å². The minimum atomic E-state index is -0.763. The molecule has 0 aliphatic heterocycles. The van der Waals surface area contributed by atoms with Crippen molar-refractivity contribution in [1.82, 2.24) is 4.57 Å². The largest absolute Gasteiger partial charge is 0.452 e. The van der Waals surface area contributed by atoms with Gasteiger partial charge in [-0.1, -0.05) is 15.9 Å². The maximum absolute atomic E-state index is 11.3. The molecule has 0 amide bonds. The van der Waals surface area contributed by atoms with Crippen molar-refractivity contribution in [3.8, 4) is 0 Å². The van der Waals surface area contributed by atoms with Gasteiger partial charge in [-0.25, -0.2) is 9.59 Å². The number of ether oxygens (including phenoxy) is 1. The van der Waals surface area contributed by atoms with Crippen LogP contribution in [0.15, 0.2) is 31.9 Å². The first-order valence-corrected chi connectivity index (χ1v) is 4.82. The van der Waals surface area contributed by atoms with Crippen molar-refractivity contribution < 1.29 is 13.9 Å². The lowest BCUT2D eigenvalue weighted by atomic mass is 10.3. The number of halogens is 1. The molecule has 1 aromatic carbocycles. The fourth-order valence-corrected chi connectivity index (χ4v) is 1.60. The molecule has 15 heavy (non-hydrogen) atoms. The van der Waals surface area contributed by atoms with Crippen LogP contribution in [0.5, 0.6) is 0 Å². The number of hydrogen-bond acceptors (Lipinski definition) is 4. The summed E-state index contributed by atoms with van der Waals surface area (Å²) < 4.78 is 10.9. The number of nitrogens with zero attached hydrogens (tertiary/aromatic N) is 1. The third-order valence-corrected chi connectivity index (χ3v) is 2.39. The predicted octanol–water partition coefficient (Wildman–Crippen LogP) is 1.97. The second-order valence-electron chi connectivity index (χ2n) is 2.79. The number of carbonyl (C=O) groups is 1. The Morgan fingerprint density at radius 2 is 2.27 bits per heavy atom. The third kappa shape index (κ3) is 1.56. The first kappa shape index (κ1) is 9.97.